The van der Waals surface area contributed by atoms with Crippen LogP contribution in [-0.2, 0) is 0 Å². The lowest BCUT2D eigenvalue weighted by molar-refractivity contribution is 0.215. The van der Waals surface area contributed by atoms with Crippen LogP contribution in [-0.4, -0.2) is 6.09 Å². The predicted octanol–water partition coefficient (Wildman–Crippen LogP) is 6.40. The zero-order chi connectivity index (χ0) is 18.5. The van der Waals surface area contributed by atoms with Crippen LogP contribution in [0, 0.1) is 6.92 Å². The number of carbonyl (C=O) groups is 1. The van der Waals surface area contributed by atoms with Crippen LogP contribution < -0.4 is 10.1 Å². The van der Waals surface area contributed by atoms with Crippen molar-refractivity contribution in [3.8, 4) is 16.9 Å². The van der Waals surface area contributed by atoms with E-state index >= 15 is 0 Å². The lowest BCUT2D eigenvalue weighted by Crippen LogP contribution is -2.18. The minimum atomic E-state index is -0.484. The molecule has 3 aromatic rings. The molecule has 0 fully saturated rings. The van der Waals surface area contributed by atoms with E-state index in [4.69, 9.17) is 4.74 Å². The van der Waals surface area contributed by atoms with E-state index in [1.54, 1.807) is 6.07 Å². The Morgan fingerprint density at radius 3 is 2.35 bits per heavy atom. The summed E-state index contributed by atoms with van der Waals surface area (Å²) in [4.78, 5) is 12.4. The molecule has 0 unspecified atom stereocenters. The van der Waals surface area contributed by atoms with Gasteiger partial charge >= 0.3 is 6.09 Å². The standard InChI is InChI=1S/C23H23NO2/c1-16(2)21-13-12-17(3)14-22(21)24-23(25)26-20-11-7-10-19(15-20)18-8-5-4-6-9-18/h4-16H,1-3H3,(H,24,25). The summed E-state index contributed by atoms with van der Waals surface area (Å²) in [6, 6.07) is 23.6. The number of rotatable bonds is 4. The number of carbonyl (C=O) groups excluding carboxylic acids is 1. The molecule has 0 aliphatic carbocycles. The molecule has 0 saturated carbocycles. The highest BCUT2D eigenvalue weighted by molar-refractivity contribution is 5.87. The van der Waals surface area contributed by atoms with Crippen LogP contribution in [0.25, 0.3) is 11.1 Å². The lowest BCUT2D eigenvalue weighted by atomic mass is 9.99. The fourth-order valence-corrected chi connectivity index (χ4v) is 2.89. The number of aryl methyl sites for hydroxylation is 1. The molecule has 3 aromatic carbocycles. The molecule has 3 nitrogen and oxygen atoms in total. The molecule has 1 N–H and O–H groups in total. The summed E-state index contributed by atoms with van der Waals surface area (Å²) in [5, 5.41) is 2.88. The van der Waals surface area contributed by atoms with Gasteiger partial charge in [-0.15, -0.1) is 0 Å². The van der Waals surface area contributed by atoms with Crippen LogP contribution in [0.4, 0.5) is 10.5 Å². The Morgan fingerprint density at radius 1 is 0.885 bits per heavy atom. The van der Waals surface area contributed by atoms with E-state index in [0.717, 1.165) is 27.9 Å². The summed E-state index contributed by atoms with van der Waals surface area (Å²) in [6.45, 7) is 6.21. The maximum atomic E-state index is 12.4. The fourth-order valence-electron chi connectivity index (χ4n) is 2.89. The van der Waals surface area contributed by atoms with Gasteiger partial charge in [-0.05, 0) is 53.3 Å². The quantitative estimate of drug-likeness (QED) is 0.594. The van der Waals surface area contributed by atoms with E-state index in [-0.39, 0.29) is 0 Å². The average molecular weight is 345 g/mol. The van der Waals surface area contributed by atoms with Gasteiger partial charge in [-0.25, -0.2) is 4.79 Å². The third-order valence-corrected chi connectivity index (χ3v) is 4.22. The van der Waals surface area contributed by atoms with Crippen molar-refractivity contribution in [1.82, 2.24) is 0 Å². The van der Waals surface area contributed by atoms with Crippen LogP contribution >= 0.6 is 0 Å². The molecule has 0 radical (unpaired) electrons. The molecule has 1 amide bonds. The van der Waals surface area contributed by atoms with Gasteiger partial charge in [0, 0.05) is 5.69 Å². The molecular formula is C23H23NO2. The molecule has 0 bridgehead atoms. The molecule has 0 spiro atoms. The normalized spacial score (nSPS) is 10.6. The monoisotopic (exact) mass is 345 g/mol. The summed E-state index contributed by atoms with van der Waals surface area (Å²) in [7, 11) is 0. The average Bonchev–Trinajstić information content (AvgIpc) is 2.62. The van der Waals surface area contributed by atoms with Crippen molar-refractivity contribution in [1.29, 1.82) is 0 Å². The first-order chi connectivity index (χ1) is 12.5. The van der Waals surface area contributed by atoms with Gasteiger partial charge in [0.25, 0.3) is 0 Å². The third-order valence-electron chi connectivity index (χ3n) is 4.22. The van der Waals surface area contributed by atoms with E-state index in [9.17, 15) is 4.79 Å². The second kappa shape index (κ2) is 7.87. The molecule has 132 valence electrons. The van der Waals surface area contributed by atoms with Gasteiger partial charge in [-0.3, -0.25) is 5.32 Å². The van der Waals surface area contributed by atoms with E-state index in [0.29, 0.717) is 11.7 Å². The second-order valence-corrected chi connectivity index (χ2v) is 6.65. The first kappa shape index (κ1) is 17.7. The van der Waals surface area contributed by atoms with Gasteiger partial charge in [0.2, 0.25) is 0 Å². The number of hydrogen-bond donors (Lipinski definition) is 1. The van der Waals surface area contributed by atoms with Gasteiger partial charge in [-0.1, -0.05) is 68.4 Å². The molecular weight excluding hydrogens is 322 g/mol. The maximum absolute atomic E-state index is 12.4. The van der Waals surface area contributed by atoms with Crippen LogP contribution in [0.3, 0.4) is 0 Å². The summed E-state index contributed by atoms with van der Waals surface area (Å²) >= 11 is 0. The number of amides is 1. The van der Waals surface area contributed by atoms with Gasteiger partial charge in [0.1, 0.15) is 5.75 Å². The molecule has 26 heavy (non-hydrogen) atoms. The molecule has 0 atom stereocenters. The highest BCUT2D eigenvalue weighted by atomic mass is 16.6. The summed E-state index contributed by atoms with van der Waals surface area (Å²) in [5.74, 6) is 0.829. The molecule has 3 rings (SSSR count). The molecule has 0 saturated heterocycles. The lowest BCUT2D eigenvalue weighted by Gasteiger charge is -2.15. The Morgan fingerprint density at radius 2 is 1.62 bits per heavy atom. The first-order valence-electron chi connectivity index (χ1n) is 8.78. The van der Waals surface area contributed by atoms with Gasteiger partial charge in [0.05, 0.1) is 0 Å². The van der Waals surface area contributed by atoms with Crippen LogP contribution in [0.15, 0.2) is 72.8 Å². The third kappa shape index (κ3) is 4.31. The summed E-state index contributed by atoms with van der Waals surface area (Å²) < 4.78 is 5.51. The topological polar surface area (TPSA) is 38.3 Å². The number of anilines is 1. The van der Waals surface area contributed by atoms with E-state index < -0.39 is 6.09 Å². The van der Waals surface area contributed by atoms with Crippen molar-refractivity contribution in [2.75, 3.05) is 5.32 Å². The maximum Gasteiger partial charge on any atom is 0.417 e. The number of nitrogens with one attached hydrogen (secondary N) is 1. The van der Waals surface area contributed by atoms with Gasteiger partial charge < -0.3 is 4.74 Å². The Kier molecular flexibility index (Phi) is 5.37. The van der Waals surface area contributed by atoms with E-state index in [2.05, 4.69) is 25.2 Å². The van der Waals surface area contributed by atoms with Crippen molar-refractivity contribution in [2.45, 2.75) is 26.7 Å². The molecule has 3 heteroatoms. The van der Waals surface area contributed by atoms with Crippen molar-refractivity contribution >= 4 is 11.8 Å². The van der Waals surface area contributed by atoms with Gasteiger partial charge in [0.15, 0.2) is 0 Å². The van der Waals surface area contributed by atoms with E-state index in [1.807, 2.05) is 67.6 Å². The van der Waals surface area contributed by atoms with Gasteiger partial charge in [-0.2, -0.15) is 0 Å². The molecule has 0 aliphatic rings. The zero-order valence-corrected chi connectivity index (χ0v) is 15.3. The smallest absolute Gasteiger partial charge is 0.410 e. The Bertz CT molecular complexity index is 901. The van der Waals surface area contributed by atoms with Crippen LogP contribution in [0.2, 0.25) is 0 Å². The first-order valence-corrected chi connectivity index (χ1v) is 8.78. The number of ether oxygens (including phenoxy) is 1. The van der Waals surface area contributed by atoms with E-state index in [1.165, 1.54) is 0 Å². The van der Waals surface area contributed by atoms with Crippen molar-refractivity contribution < 1.29 is 9.53 Å². The largest absolute Gasteiger partial charge is 0.417 e. The SMILES string of the molecule is Cc1ccc(C(C)C)c(NC(=O)Oc2cccc(-c3ccccc3)c2)c1. The number of hydrogen-bond acceptors (Lipinski definition) is 2. The Labute approximate surface area is 154 Å². The Hall–Kier alpha value is -3.07. The van der Waals surface area contributed by atoms with Crippen LogP contribution in [0.1, 0.15) is 30.9 Å². The summed E-state index contributed by atoms with van der Waals surface area (Å²) in [5.41, 5.74) is 5.07. The summed E-state index contributed by atoms with van der Waals surface area (Å²) in [6.07, 6.45) is -0.484. The highest BCUT2D eigenvalue weighted by Crippen LogP contribution is 2.27. The molecule has 0 heterocycles. The minimum absolute atomic E-state index is 0.312. The minimum Gasteiger partial charge on any atom is -0.410 e. The molecule has 0 aromatic heterocycles. The van der Waals surface area contributed by atoms with Crippen molar-refractivity contribution in [3.05, 3.63) is 83.9 Å². The zero-order valence-electron chi connectivity index (χ0n) is 15.3. The highest BCUT2D eigenvalue weighted by Gasteiger charge is 2.12. The van der Waals surface area contributed by atoms with Crippen molar-refractivity contribution in [3.63, 3.8) is 0 Å². The van der Waals surface area contributed by atoms with Crippen molar-refractivity contribution in [2.24, 2.45) is 0 Å². The Balaban J connectivity index is 1.76. The van der Waals surface area contributed by atoms with Crippen LogP contribution in [0.5, 0.6) is 5.75 Å². The predicted molar refractivity (Wildman–Crippen MR) is 107 cm³/mol. The fraction of sp³-hybridized carbons (Fsp3) is 0.174. The molecule has 0 aliphatic heterocycles. The number of benzene rings is 3. The second-order valence-electron chi connectivity index (χ2n) is 6.65.